The van der Waals surface area contributed by atoms with Crippen molar-refractivity contribution < 1.29 is 0 Å². The van der Waals surface area contributed by atoms with Crippen LogP contribution in [0.4, 0.5) is 5.69 Å². The molecule has 0 aliphatic carbocycles. The lowest BCUT2D eigenvalue weighted by atomic mass is 10.2. The van der Waals surface area contributed by atoms with Gasteiger partial charge in [0.2, 0.25) is 0 Å². The molecule has 0 aromatic heterocycles. The number of nitrogens with one attached hydrogen (secondary N) is 2. The Morgan fingerprint density at radius 2 is 1.90 bits per heavy atom. The van der Waals surface area contributed by atoms with Gasteiger partial charge in [-0.3, -0.25) is 5.43 Å². The van der Waals surface area contributed by atoms with Crippen LogP contribution in [0.3, 0.4) is 0 Å². The first-order valence-corrected chi connectivity index (χ1v) is 7.10. The van der Waals surface area contributed by atoms with E-state index in [4.69, 9.17) is 23.8 Å². The molecule has 0 unspecified atom stereocenters. The van der Waals surface area contributed by atoms with Gasteiger partial charge in [0.1, 0.15) is 0 Å². The van der Waals surface area contributed by atoms with Gasteiger partial charge in [0, 0.05) is 16.9 Å². The Hall–Kier alpha value is -2.17. The molecule has 5 heteroatoms. The molecule has 0 heterocycles. The maximum Gasteiger partial charge on any atom is 0.191 e. The SMILES string of the molecule is S=C(N/N=C\C=C\c1ccccc1)Nc1cccc(Cl)c1. The fraction of sp³-hybridized carbons (Fsp3) is 0. The summed E-state index contributed by atoms with van der Waals surface area (Å²) in [5, 5.41) is 8.05. The number of hydrogen-bond acceptors (Lipinski definition) is 2. The van der Waals surface area contributed by atoms with Crippen molar-refractivity contribution in [2.24, 2.45) is 5.10 Å². The summed E-state index contributed by atoms with van der Waals surface area (Å²) in [5.74, 6) is 0. The van der Waals surface area contributed by atoms with Crippen LogP contribution in [0, 0.1) is 0 Å². The van der Waals surface area contributed by atoms with Crippen LogP contribution in [0.5, 0.6) is 0 Å². The summed E-state index contributed by atoms with van der Waals surface area (Å²) in [7, 11) is 0. The monoisotopic (exact) mass is 315 g/mol. The Morgan fingerprint density at radius 1 is 1.10 bits per heavy atom. The number of allylic oxidation sites excluding steroid dienone is 1. The number of nitrogens with zero attached hydrogens (tertiary/aromatic N) is 1. The summed E-state index contributed by atoms with van der Waals surface area (Å²) >= 11 is 11.0. The zero-order chi connectivity index (χ0) is 14.9. The number of halogens is 1. The van der Waals surface area contributed by atoms with Crippen LogP contribution < -0.4 is 10.7 Å². The molecule has 21 heavy (non-hydrogen) atoms. The molecule has 0 spiro atoms. The highest BCUT2D eigenvalue weighted by molar-refractivity contribution is 7.80. The van der Waals surface area contributed by atoms with Crippen LogP contribution >= 0.6 is 23.8 Å². The van der Waals surface area contributed by atoms with Crippen molar-refractivity contribution in [1.82, 2.24) is 5.43 Å². The quantitative estimate of drug-likeness (QED) is 0.501. The van der Waals surface area contributed by atoms with Crippen LogP contribution in [-0.2, 0) is 0 Å². The van der Waals surface area contributed by atoms with E-state index in [1.165, 1.54) is 0 Å². The highest BCUT2D eigenvalue weighted by atomic mass is 35.5. The van der Waals surface area contributed by atoms with Crippen molar-refractivity contribution in [2.75, 3.05) is 5.32 Å². The summed E-state index contributed by atoms with van der Waals surface area (Å²) in [6, 6.07) is 17.3. The maximum absolute atomic E-state index is 5.89. The molecule has 2 N–H and O–H groups in total. The molecule has 106 valence electrons. The van der Waals surface area contributed by atoms with E-state index in [0.717, 1.165) is 11.3 Å². The van der Waals surface area contributed by atoms with Crippen LogP contribution in [0.15, 0.2) is 65.8 Å². The lowest BCUT2D eigenvalue weighted by molar-refractivity contribution is 1.05. The summed E-state index contributed by atoms with van der Waals surface area (Å²) in [4.78, 5) is 0. The van der Waals surface area contributed by atoms with Gasteiger partial charge in [0.15, 0.2) is 5.11 Å². The van der Waals surface area contributed by atoms with Crippen molar-refractivity contribution in [2.45, 2.75) is 0 Å². The first-order chi connectivity index (χ1) is 10.2. The van der Waals surface area contributed by atoms with Crippen molar-refractivity contribution in [3.8, 4) is 0 Å². The Bertz CT molecular complexity index is 654. The molecular formula is C16H14ClN3S. The highest BCUT2D eigenvalue weighted by Gasteiger charge is 1.96. The Balaban J connectivity index is 1.79. The molecule has 0 radical (unpaired) electrons. The molecule has 0 aliphatic heterocycles. The van der Waals surface area contributed by atoms with Gasteiger partial charge in [0.05, 0.1) is 0 Å². The van der Waals surface area contributed by atoms with Crippen molar-refractivity contribution in [1.29, 1.82) is 0 Å². The minimum absolute atomic E-state index is 0.404. The predicted molar refractivity (Wildman–Crippen MR) is 94.8 cm³/mol. The largest absolute Gasteiger partial charge is 0.331 e. The summed E-state index contributed by atoms with van der Waals surface area (Å²) < 4.78 is 0. The lowest BCUT2D eigenvalue weighted by Crippen LogP contribution is -2.23. The molecule has 2 aromatic rings. The molecule has 0 atom stereocenters. The van der Waals surface area contributed by atoms with E-state index in [-0.39, 0.29) is 0 Å². The third-order valence-electron chi connectivity index (χ3n) is 2.50. The van der Waals surface area contributed by atoms with E-state index in [9.17, 15) is 0 Å². The third-order valence-corrected chi connectivity index (χ3v) is 2.93. The normalized spacial score (nSPS) is 10.9. The number of thiocarbonyl (C=S) groups is 1. The second kappa shape index (κ2) is 8.19. The van der Waals surface area contributed by atoms with E-state index in [0.29, 0.717) is 10.1 Å². The van der Waals surface area contributed by atoms with Crippen molar-refractivity contribution in [3.05, 3.63) is 71.3 Å². The topological polar surface area (TPSA) is 36.4 Å². The number of benzene rings is 2. The van der Waals surface area contributed by atoms with Crippen molar-refractivity contribution >= 4 is 46.9 Å². The number of hydrazone groups is 1. The fourth-order valence-corrected chi connectivity index (χ4v) is 1.94. The highest BCUT2D eigenvalue weighted by Crippen LogP contribution is 2.14. The second-order valence-corrected chi connectivity index (χ2v) is 4.97. The van der Waals surface area contributed by atoms with Crippen LogP contribution in [0.1, 0.15) is 5.56 Å². The number of hydrogen-bond donors (Lipinski definition) is 2. The molecule has 0 saturated heterocycles. The maximum atomic E-state index is 5.89. The summed E-state index contributed by atoms with van der Waals surface area (Å²) in [6.45, 7) is 0. The molecule has 0 amide bonds. The van der Waals surface area contributed by atoms with Crippen LogP contribution in [-0.4, -0.2) is 11.3 Å². The van der Waals surface area contributed by atoms with E-state index in [1.807, 2.05) is 54.6 Å². The molecule has 3 nitrogen and oxygen atoms in total. The zero-order valence-corrected chi connectivity index (χ0v) is 12.7. The number of rotatable bonds is 4. The van der Waals surface area contributed by atoms with Gasteiger partial charge in [-0.25, -0.2) is 0 Å². The second-order valence-electron chi connectivity index (χ2n) is 4.12. The molecule has 2 rings (SSSR count). The minimum atomic E-state index is 0.404. The fourth-order valence-electron chi connectivity index (χ4n) is 1.58. The number of anilines is 1. The van der Waals surface area contributed by atoms with Crippen LogP contribution in [0.25, 0.3) is 6.08 Å². The average molecular weight is 316 g/mol. The van der Waals surface area contributed by atoms with E-state index < -0.39 is 0 Å². The predicted octanol–water partition coefficient (Wildman–Crippen LogP) is 4.33. The molecule has 2 aromatic carbocycles. The summed E-state index contributed by atoms with van der Waals surface area (Å²) in [6.07, 6.45) is 5.43. The molecular weight excluding hydrogens is 302 g/mol. The van der Waals surface area contributed by atoms with E-state index in [1.54, 1.807) is 18.3 Å². The summed E-state index contributed by atoms with van der Waals surface area (Å²) in [5.41, 5.74) is 4.66. The van der Waals surface area contributed by atoms with E-state index in [2.05, 4.69) is 15.8 Å². The standard InChI is InChI=1S/C16H14ClN3S/c17-14-9-4-10-15(12-14)19-16(21)20-18-11-5-8-13-6-2-1-3-7-13/h1-12H,(H2,19,20,21)/b8-5+,18-11-. The van der Waals surface area contributed by atoms with E-state index >= 15 is 0 Å². The van der Waals surface area contributed by atoms with Gasteiger partial charge in [-0.2, -0.15) is 5.10 Å². The molecule has 0 aliphatic rings. The third kappa shape index (κ3) is 5.77. The lowest BCUT2D eigenvalue weighted by Gasteiger charge is -2.06. The van der Waals surface area contributed by atoms with Crippen molar-refractivity contribution in [3.63, 3.8) is 0 Å². The van der Waals surface area contributed by atoms with Gasteiger partial charge in [-0.05, 0) is 42.1 Å². The minimum Gasteiger partial charge on any atom is -0.331 e. The van der Waals surface area contributed by atoms with Gasteiger partial charge in [-0.15, -0.1) is 0 Å². The van der Waals surface area contributed by atoms with Gasteiger partial charge in [0.25, 0.3) is 0 Å². The van der Waals surface area contributed by atoms with Gasteiger partial charge >= 0.3 is 0 Å². The molecule has 0 saturated carbocycles. The molecule has 0 bridgehead atoms. The van der Waals surface area contributed by atoms with Gasteiger partial charge in [-0.1, -0.05) is 54.1 Å². The van der Waals surface area contributed by atoms with Gasteiger partial charge < -0.3 is 5.32 Å². The smallest absolute Gasteiger partial charge is 0.191 e. The van der Waals surface area contributed by atoms with Crippen LogP contribution in [0.2, 0.25) is 5.02 Å². The zero-order valence-electron chi connectivity index (χ0n) is 11.2. The molecule has 0 fully saturated rings. The Kier molecular flexibility index (Phi) is 5.94. The average Bonchev–Trinajstić information content (AvgIpc) is 2.48. The first-order valence-electron chi connectivity index (χ1n) is 6.31. The Labute approximate surface area is 134 Å². The Morgan fingerprint density at radius 3 is 2.67 bits per heavy atom. The first kappa shape index (κ1) is 15.2.